The quantitative estimate of drug-likeness (QED) is 0.0276. The Labute approximate surface area is 650 Å². The van der Waals surface area contributed by atoms with Crippen LogP contribution in [0.2, 0.25) is 0 Å². The molecule has 0 aliphatic carbocycles. The van der Waals surface area contributed by atoms with Crippen molar-refractivity contribution in [2.75, 3.05) is 101 Å². The Hall–Kier alpha value is -12.0. The Morgan fingerprint density at radius 1 is 0.522 bits per heavy atom. The van der Waals surface area contributed by atoms with E-state index in [9.17, 15) is 44.4 Å². The molecule has 2 fully saturated rings. The van der Waals surface area contributed by atoms with Gasteiger partial charge in [0.1, 0.15) is 17.5 Å². The van der Waals surface area contributed by atoms with Crippen LogP contribution in [0.3, 0.4) is 0 Å². The van der Waals surface area contributed by atoms with Crippen LogP contribution in [0, 0.1) is 94.5 Å². The number of anilines is 3. The summed E-state index contributed by atoms with van der Waals surface area (Å²) in [5.41, 5.74) is 6.17. The number of carbonyl (C=O) groups is 3. The van der Waals surface area contributed by atoms with E-state index >= 15 is 0 Å². The average molecular weight is 1610 g/mol. The molecule has 113 heavy (non-hydrogen) atoms. The maximum atomic E-state index is 14.7. The lowest BCUT2D eigenvalue weighted by atomic mass is 10.1. The van der Waals surface area contributed by atoms with E-state index in [0.717, 1.165) is 83.6 Å². The molecular weight excluding hydrogens is 1530 g/mol. The highest BCUT2D eigenvalue weighted by Gasteiger charge is 2.23. The fourth-order valence-electron chi connectivity index (χ4n) is 10.8. The van der Waals surface area contributed by atoms with Crippen molar-refractivity contribution in [2.45, 2.75) is 60.8 Å². The molecule has 0 radical (unpaired) electrons. The van der Waals surface area contributed by atoms with E-state index in [1.807, 2.05) is 6.20 Å². The standard InChI is InChI=1S/C26H25FN6O3.C23H20FN5O5S.C22H18FN5O3.C4H9NO.CH3ClO2S/c1-17-24(36-18(2)29-17)25(34)30-20-6-7-22(27)21(13-20)23-16-33-15-19(14-28-26(33)31-23)5-3-4-8-32-9-11-35-12-10-32;1-14-21(34-15(2)26-14)22(30)27-17-7-8-19(24)18(10-17)20-13-29-12-16(11-25-23(29)28-20)6-4-5-9-33-35(3,31)32;1-13-20(31-14(2)25-13)21(30)26-16-6-7-18(23)17(9-16)19-12-28-11-15(5-3-4-8-29)10-24-22(28)27-19;1-3-6-4-2-5-1;1-5(2,3)4/h6-7,13-16H,4,8-12H2,1-2H3,(H,30,34);7-8,10-13H,5,9H2,1-3H3,(H,27,30);6-7,9-12,29H,4,8H2,1-2H3,(H,26,30);5H,1-4H2;1H3. The summed E-state index contributed by atoms with van der Waals surface area (Å²) in [4.78, 5) is 78.1. The number of aliphatic hydroxyl groups is 1. The molecule has 3 aromatic carbocycles. The number of morpholine rings is 2. The molecule has 14 rings (SSSR count). The lowest BCUT2D eigenvalue weighted by Gasteiger charge is -2.25. The van der Waals surface area contributed by atoms with E-state index < -0.39 is 54.3 Å². The molecule has 5 N–H and O–H groups in total. The molecule has 2 aliphatic heterocycles. The summed E-state index contributed by atoms with van der Waals surface area (Å²) in [6, 6.07) is 12.6. The Kier molecular flexibility index (Phi) is 28.6. The van der Waals surface area contributed by atoms with Crippen molar-refractivity contribution in [1.82, 2.24) is 68.3 Å². The average Bonchev–Trinajstić information content (AvgIpc) is 1.67. The Balaban J connectivity index is 0.000000168. The molecule has 0 bridgehead atoms. The lowest BCUT2D eigenvalue weighted by molar-refractivity contribution is 0.0390. The normalized spacial score (nSPS) is 12.7. The highest BCUT2D eigenvalue weighted by Crippen LogP contribution is 2.30. The number of aryl methyl sites for hydroxylation is 6. The van der Waals surface area contributed by atoms with Crippen LogP contribution in [-0.2, 0) is 32.8 Å². The van der Waals surface area contributed by atoms with Crippen molar-refractivity contribution in [2.24, 2.45) is 0 Å². The predicted molar refractivity (Wildman–Crippen MR) is 411 cm³/mol. The third kappa shape index (κ3) is 24.7. The molecule has 588 valence electrons. The van der Waals surface area contributed by atoms with Crippen molar-refractivity contribution in [3.8, 4) is 69.3 Å². The van der Waals surface area contributed by atoms with Gasteiger partial charge < -0.3 is 49.1 Å². The first-order chi connectivity index (χ1) is 54.0. The zero-order valence-electron chi connectivity index (χ0n) is 62.2. The third-order valence-corrected chi connectivity index (χ3v) is 16.3. The minimum Gasteiger partial charge on any atom is -0.436 e. The molecule has 11 heterocycles. The maximum absolute atomic E-state index is 14.7. The number of ether oxygens (including phenoxy) is 2. The van der Waals surface area contributed by atoms with Crippen LogP contribution in [0.15, 0.2) is 124 Å². The SMILES string of the molecule is C1COCCN1.CS(=O)(=O)Cl.Cc1nc(C)c(C(=O)Nc2ccc(F)c(-c3cn4cc(C#CCCN5CCOCC5)cnc4n3)c2)o1.Cc1nc(C)c(C(=O)Nc2ccc(F)c(-c3cn4cc(C#CCCO)cnc4n3)c2)o1.Cc1nc(C)c(C(=O)Nc2ccc(F)c(-c3cn4cc(C#CCCOS(C)(=O)=O)cnc4n3)c2)o1. The van der Waals surface area contributed by atoms with Crippen molar-refractivity contribution in [3.05, 3.63) is 197 Å². The lowest BCUT2D eigenvalue weighted by Crippen LogP contribution is -2.36. The van der Waals surface area contributed by atoms with Gasteiger partial charge in [-0.25, -0.2) is 66.4 Å². The summed E-state index contributed by atoms with van der Waals surface area (Å²) in [6.07, 6.45) is 18.1. The smallest absolute Gasteiger partial charge is 0.293 e. The first kappa shape index (κ1) is 83.5. The van der Waals surface area contributed by atoms with Crippen LogP contribution in [0.25, 0.3) is 51.1 Å². The first-order valence-electron chi connectivity index (χ1n) is 34.6. The number of rotatable bonds is 15. The summed E-state index contributed by atoms with van der Waals surface area (Å²) in [5, 5.41) is 20.1. The van der Waals surface area contributed by atoms with Crippen molar-refractivity contribution < 1.29 is 76.4 Å². The number of hydrogen-bond acceptors (Lipinski definition) is 25. The molecule has 0 saturated carbocycles. The zero-order chi connectivity index (χ0) is 80.9. The van der Waals surface area contributed by atoms with E-state index in [0.29, 0.717) is 104 Å². The van der Waals surface area contributed by atoms with E-state index in [-0.39, 0.29) is 53.6 Å². The second kappa shape index (κ2) is 38.8. The number of oxazole rings is 3. The Morgan fingerprint density at radius 2 is 0.867 bits per heavy atom. The maximum Gasteiger partial charge on any atom is 0.293 e. The zero-order valence-corrected chi connectivity index (χ0v) is 64.6. The highest BCUT2D eigenvalue weighted by atomic mass is 35.7. The summed E-state index contributed by atoms with van der Waals surface area (Å²) in [7, 11) is -2.20. The largest absolute Gasteiger partial charge is 0.436 e. The highest BCUT2D eigenvalue weighted by molar-refractivity contribution is 8.13. The van der Waals surface area contributed by atoms with Gasteiger partial charge in [0.05, 0.1) is 103 Å². The molecule has 2 aliphatic rings. The number of nitrogens with one attached hydrogen (secondary N) is 4. The summed E-state index contributed by atoms with van der Waals surface area (Å²) in [5.74, 6) is 17.4. The second-order valence-electron chi connectivity index (χ2n) is 24.8. The number of amides is 3. The van der Waals surface area contributed by atoms with Gasteiger partial charge in [-0.1, -0.05) is 35.5 Å². The summed E-state index contributed by atoms with van der Waals surface area (Å²) < 4.78 is 121. The second-order valence-corrected chi connectivity index (χ2v) is 29.5. The van der Waals surface area contributed by atoms with E-state index in [4.69, 9.17) is 27.8 Å². The van der Waals surface area contributed by atoms with Gasteiger partial charge >= 0.3 is 0 Å². The van der Waals surface area contributed by atoms with E-state index in [1.165, 1.54) is 60.8 Å². The fraction of sp³-hybridized carbons (Fsp3) is 0.289. The number of aromatic nitrogens is 12. The van der Waals surface area contributed by atoms with Crippen LogP contribution >= 0.6 is 10.7 Å². The molecule has 2 saturated heterocycles. The van der Waals surface area contributed by atoms with E-state index in [1.54, 1.807) is 98.1 Å². The first-order valence-corrected chi connectivity index (χ1v) is 39.1. The minimum atomic E-state index is -3.50. The Morgan fingerprint density at radius 3 is 1.18 bits per heavy atom. The van der Waals surface area contributed by atoms with Gasteiger partial charge in [0.25, 0.3) is 27.8 Å². The van der Waals surface area contributed by atoms with Crippen LogP contribution < -0.4 is 21.3 Å². The van der Waals surface area contributed by atoms with Crippen molar-refractivity contribution in [1.29, 1.82) is 0 Å². The molecule has 9 aromatic heterocycles. The Bertz CT molecular complexity index is 5880. The number of benzene rings is 3. The number of fused-ring (bicyclic) bond motifs is 3. The predicted octanol–water partition coefficient (Wildman–Crippen LogP) is 9.49. The van der Waals surface area contributed by atoms with Gasteiger partial charge in [0, 0.05) is 173 Å². The molecule has 31 nitrogen and oxygen atoms in total. The number of aliphatic hydroxyl groups excluding tert-OH is 1. The molecule has 0 atom stereocenters. The molecular formula is C76H75ClF3N17O14S2. The number of hydrogen-bond donors (Lipinski definition) is 5. The number of imidazole rings is 3. The third-order valence-electron chi connectivity index (χ3n) is 15.7. The molecule has 12 aromatic rings. The summed E-state index contributed by atoms with van der Waals surface area (Å²) >= 11 is 0. The summed E-state index contributed by atoms with van der Waals surface area (Å²) in [6.45, 7) is 18.1. The number of carbonyl (C=O) groups excluding carboxylic acids is 3. The van der Waals surface area contributed by atoms with Gasteiger partial charge in [-0.3, -0.25) is 36.7 Å². The number of nitrogens with zero attached hydrogens (tertiary/aromatic N) is 13. The molecule has 3 amide bonds. The molecule has 0 unspecified atom stereocenters. The topological polar surface area (TPSA) is 387 Å². The van der Waals surface area contributed by atoms with Gasteiger partial charge in [-0.05, 0) is 75.4 Å². The van der Waals surface area contributed by atoms with Gasteiger partial charge in [0.15, 0.2) is 17.7 Å². The van der Waals surface area contributed by atoms with Crippen molar-refractivity contribution in [3.63, 3.8) is 0 Å². The molecule has 37 heteroatoms. The molecule has 0 spiro atoms. The van der Waals surface area contributed by atoms with E-state index in [2.05, 4.69) is 121 Å². The number of halogens is 4. The minimum absolute atomic E-state index is 0.0142. The van der Waals surface area contributed by atoms with Crippen molar-refractivity contribution >= 4 is 82.0 Å². The van der Waals surface area contributed by atoms with Crippen LogP contribution in [0.1, 0.15) is 102 Å². The van der Waals surface area contributed by atoms with Crippen LogP contribution in [-0.4, -0.2) is 187 Å². The van der Waals surface area contributed by atoms with Gasteiger partial charge in [-0.15, -0.1) is 0 Å². The monoisotopic (exact) mass is 1610 g/mol. The van der Waals surface area contributed by atoms with Gasteiger partial charge in [0.2, 0.25) is 43.7 Å². The van der Waals surface area contributed by atoms with Crippen LogP contribution in [0.4, 0.5) is 30.2 Å². The fourth-order valence-corrected chi connectivity index (χ4v) is 11.2. The van der Waals surface area contributed by atoms with Crippen LogP contribution in [0.5, 0.6) is 0 Å². The van der Waals surface area contributed by atoms with Gasteiger partial charge in [-0.2, -0.15) is 8.42 Å².